The van der Waals surface area contributed by atoms with E-state index in [1.54, 1.807) is 18.2 Å². The largest absolute Gasteiger partial charge is 0.573 e. The number of benzene rings is 2. The number of rotatable bonds is 7. The third kappa shape index (κ3) is 5.77. The fourth-order valence-electron chi connectivity index (χ4n) is 5.29. The molecule has 0 spiro atoms. The van der Waals surface area contributed by atoms with E-state index < -0.39 is 18.1 Å². The molecule has 14 heteroatoms. The van der Waals surface area contributed by atoms with Gasteiger partial charge in [-0.1, -0.05) is 45.8 Å². The minimum absolute atomic E-state index is 0.0250. The Labute approximate surface area is 252 Å². The van der Waals surface area contributed by atoms with Crippen molar-refractivity contribution in [1.29, 1.82) is 0 Å². The van der Waals surface area contributed by atoms with E-state index in [1.807, 2.05) is 6.92 Å². The van der Waals surface area contributed by atoms with Crippen molar-refractivity contribution >= 4 is 55.9 Å². The molecule has 0 amide bonds. The molecule has 6 rings (SSSR count). The van der Waals surface area contributed by atoms with E-state index in [4.69, 9.17) is 32.5 Å². The highest BCUT2D eigenvalue weighted by molar-refractivity contribution is 7.22. The smallest absolute Gasteiger partial charge is 0.465 e. The van der Waals surface area contributed by atoms with Crippen molar-refractivity contribution in [2.75, 3.05) is 31.6 Å². The van der Waals surface area contributed by atoms with E-state index in [0.29, 0.717) is 63.2 Å². The number of alkyl halides is 3. The van der Waals surface area contributed by atoms with Crippen LogP contribution in [0.5, 0.6) is 5.75 Å². The summed E-state index contributed by atoms with van der Waals surface area (Å²) in [4.78, 5) is 21.0. The molecule has 2 fully saturated rings. The van der Waals surface area contributed by atoms with E-state index in [-0.39, 0.29) is 17.1 Å². The Morgan fingerprint density at radius 3 is 2.57 bits per heavy atom. The van der Waals surface area contributed by atoms with Crippen LogP contribution in [-0.4, -0.2) is 60.2 Å². The van der Waals surface area contributed by atoms with Crippen LogP contribution in [0.3, 0.4) is 0 Å². The zero-order chi connectivity index (χ0) is 29.8. The van der Waals surface area contributed by atoms with Crippen LogP contribution in [0.1, 0.15) is 47.4 Å². The van der Waals surface area contributed by atoms with Gasteiger partial charge in [0.05, 0.1) is 27.4 Å². The number of carbonyl (C=O) groups excluding carboxylic acids is 1. The molecule has 0 bridgehead atoms. The van der Waals surface area contributed by atoms with Crippen LogP contribution >= 0.6 is 34.5 Å². The average Bonchev–Trinajstić information content (AvgIpc) is 3.55. The number of esters is 1. The number of anilines is 1. The topological polar surface area (TPSA) is 80.9 Å². The van der Waals surface area contributed by atoms with E-state index >= 15 is 0 Å². The van der Waals surface area contributed by atoms with Gasteiger partial charge in [0.15, 0.2) is 10.9 Å². The first kappa shape index (κ1) is 29.0. The molecule has 8 nitrogen and oxygen atoms in total. The van der Waals surface area contributed by atoms with Gasteiger partial charge < -0.3 is 18.9 Å². The third-order valence-electron chi connectivity index (χ3n) is 7.40. The van der Waals surface area contributed by atoms with Crippen LogP contribution in [0.2, 0.25) is 10.0 Å². The summed E-state index contributed by atoms with van der Waals surface area (Å²) in [5.41, 5.74) is 2.25. The van der Waals surface area contributed by atoms with Crippen LogP contribution in [0.25, 0.3) is 21.5 Å². The molecule has 0 unspecified atom stereocenters. The number of hydrogen-bond donors (Lipinski definition) is 0. The minimum atomic E-state index is -4.95. The number of nitrogens with zero attached hydrogens (tertiary/aromatic N) is 4. The van der Waals surface area contributed by atoms with Crippen LogP contribution in [0.4, 0.5) is 18.3 Å². The van der Waals surface area contributed by atoms with E-state index in [0.717, 1.165) is 37.3 Å². The molecule has 42 heavy (non-hydrogen) atoms. The summed E-state index contributed by atoms with van der Waals surface area (Å²) in [6.07, 6.45) is -2.87. The number of carbonyl (C=O) groups is 1. The molecule has 2 aromatic carbocycles. The molecule has 1 saturated heterocycles. The van der Waals surface area contributed by atoms with Crippen molar-refractivity contribution in [1.82, 2.24) is 15.0 Å². The lowest BCUT2D eigenvalue weighted by atomic mass is 10.0. The second kappa shape index (κ2) is 11.2. The van der Waals surface area contributed by atoms with Gasteiger partial charge in [0.2, 0.25) is 0 Å². The molecule has 0 radical (unpaired) electrons. The van der Waals surface area contributed by atoms with E-state index in [1.165, 1.54) is 17.4 Å². The van der Waals surface area contributed by atoms with Gasteiger partial charge in [0, 0.05) is 49.3 Å². The zero-order valence-electron chi connectivity index (χ0n) is 22.5. The van der Waals surface area contributed by atoms with Gasteiger partial charge in [-0.25, -0.2) is 9.78 Å². The lowest BCUT2D eigenvalue weighted by Gasteiger charge is -2.39. The molecule has 3 heterocycles. The molecular weight excluding hydrogens is 616 g/mol. The first-order valence-electron chi connectivity index (χ1n) is 13.2. The van der Waals surface area contributed by atoms with Crippen LogP contribution in [-0.2, 0) is 11.3 Å². The molecule has 1 aliphatic carbocycles. The van der Waals surface area contributed by atoms with Crippen molar-refractivity contribution in [3.8, 4) is 17.0 Å². The molecule has 2 aromatic heterocycles. The van der Waals surface area contributed by atoms with Gasteiger partial charge in [0.1, 0.15) is 17.0 Å². The molecule has 1 atom stereocenters. The molecule has 2 aliphatic rings. The van der Waals surface area contributed by atoms with Crippen molar-refractivity contribution in [2.45, 2.75) is 44.6 Å². The standard InChI is InChI=1S/C28H25Cl2F3N4O4S/c1-14-12-36(13-17-23(35-41-25(17)15-6-7-15)22-18(29)4-3-5-19(22)30)8-9-37(14)27-34-24-20(40-28(31,32)33)10-16(26(38)39-2)11-21(24)42-27/h3-5,10-11,14-15H,6-9,12-13H2,1-2H3/t14-/m1/s1. The summed E-state index contributed by atoms with van der Waals surface area (Å²) in [5, 5.41) is 5.92. The number of methoxy groups -OCH3 is 1. The second-order valence-corrected chi connectivity index (χ2v) is 12.2. The minimum Gasteiger partial charge on any atom is -0.465 e. The number of aromatic nitrogens is 2. The molecular formula is C28H25Cl2F3N4O4S. The zero-order valence-corrected chi connectivity index (χ0v) is 24.8. The Morgan fingerprint density at radius 2 is 1.93 bits per heavy atom. The third-order valence-corrected chi connectivity index (χ3v) is 9.07. The summed E-state index contributed by atoms with van der Waals surface area (Å²) >= 11 is 14.2. The SMILES string of the molecule is COC(=O)c1cc(OC(F)(F)F)c2nc(N3CCN(Cc4c(-c5c(Cl)cccc5Cl)noc4C4CC4)C[C@H]3C)sc2c1. The summed E-state index contributed by atoms with van der Waals surface area (Å²) < 4.78 is 54.6. The predicted molar refractivity (Wildman–Crippen MR) is 154 cm³/mol. The second-order valence-electron chi connectivity index (χ2n) is 10.4. The molecule has 0 N–H and O–H groups in total. The van der Waals surface area contributed by atoms with Gasteiger partial charge in [-0.05, 0) is 44.0 Å². The maximum Gasteiger partial charge on any atom is 0.573 e. The number of fused-ring (bicyclic) bond motifs is 1. The molecule has 222 valence electrons. The summed E-state index contributed by atoms with van der Waals surface area (Å²) in [6.45, 7) is 4.50. The monoisotopic (exact) mass is 640 g/mol. The average molecular weight is 641 g/mol. The molecule has 4 aromatic rings. The lowest BCUT2D eigenvalue weighted by molar-refractivity contribution is -0.274. The van der Waals surface area contributed by atoms with E-state index in [9.17, 15) is 18.0 Å². The first-order chi connectivity index (χ1) is 20.0. The maximum absolute atomic E-state index is 13.2. The van der Waals surface area contributed by atoms with Crippen molar-refractivity contribution in [3.63, 3.8) is 0 Å². The van der Waals surface area contributed by atoms with Crippen molar-refractivity contribution in [2.24, 2.45) is 0 Å². The fraction of sp³-hybridized carbons (Fsp3) is 0.393. The molecule has 1 aliphatic heterocycles. The lowest BCUT2D eigenvalue weighted by Crippen LogP contribution is -2.51. The van der Waals surface area contributed by atoms with Crippen molar-refractivity contribution < 1.29 is 32.0 Å². The Bertz CT molecular complexity index is 1640. The molecule has 1 saturated carbocycles. The number of piperazine rings is 1. The Balaban J connectivity index is 1.26. The summed E-state index contributed by atoms with van der Waals surface area (Å²) in [6, 6.07) is 7.78. The number of halogens is 5. The number of ether oxygens (including phenoxy) is 2. The van der Waals surface area contributed by atoms with Gasteiger partial charge in [-0.2, -0.15) is 0 Å². The van der Waals surface area contributed by atoms with Crippen LogP contribution < -0.4 is 9.64 Å². The van der Waals surface area contributed by atoms with Gasteiger partial charge in [0.25, 0.3) is 0 Å². The predicted octanol–water partition coefficient (Wildman–Crippen LogP) is 7.53. The van der Waals surface area contributed by atoms with Crippen LogP contribution in [0.15, 0.2) is 34.9 Å². The fourth-order valence-corrected chi connectivity index (χ4v) is 7.02. The first-order valence-corrected chi connectivity index (χ1v) is 14.8. The van der Waals surface area contributed by atoms with Gasteiger partial charge in [-0.3, -0.25) is 4.90 Å². The summed E-state index contributed by atoms with van der Waals surface area (Å²) in [5.74, 6) is -0.120. The Kier molecular flexibility index (Phi) is 7.75. The van der Waals surface area contributed by atoms with Crippen molar-refractivity contribution in [3.05, 3.63) is 57.3 Å². The maximum atomic E-state index is 13.2. The van der Waals surface area contributed by atoms with Gasteiger partial charge in [-0.15, -0.1) is 13.2 Å². The Hall–Kier alpha value is -3.06. The number of thiazole rings is 1. The Morgan fingerprint density at radius 1 is 1.19 bits per heavy atom. The van der Waals surface area contributed by atoms with Gasteiger partial charge >= 0.3 is 12.3 Å². The van der Waals surface area contributed by atoms with E-state index in [2.05, 4.69) is 24.7 Å². The highest BCUT2D eigenvalue weighted by Gasteiger charge is 2.36. The highest BCUT2D eigenvalue weighted by Crippen LogP contribution is 2.46. The number of hydrogen-bond acceptors (Lipinski definition) is 9. The normalized spacial score (nSPS) is 18.1. The quantitative estimate of drug-likeness (QED) is 0.192. The summed E-state index contributed by atoms with van der Waals surface area (Å²) in [7, 11) is 1.16. The highest BCUT2D eigenvalue weighted by atomic mass is 35.5. The van der Waals surface area contributed by atoms with Crippen LogP contribution in [0, 0.1) is 0 Å².